The fraction of sp³-hybridized carbons (Fsp3) is 0.292. The summed E-state index contributed by atoms with van der Waals surface area (Å²) in [6.07, 6.45) is -1.91. The monoisotopic (exact) mass is 534 g/mol. The standard InChI is InChI=1S/C24H25F3N6O3S/c1-37(35,36)31-22(32-11-2-3-12-32)17-7-9-18(10-8-17)29-23(34)20-14-21(24(25,26)27)30-33(20)19-6-4-5-16(13-19)15-28/h4-10,13-14H,2-3,11-12,15,28H2,1H3,(H,29,34)/b31-22-. The molecule has 0 bridgehead atoms. The quantitative estimate of drug-likeness (QED) is 0.369. The average molecular weight is 535 g/mol. The molecule has 196 valence electrons. The molecule has 0 atom stereocenters. The van der Waals surface area contributed by atoms with Gasteiger partial charge in [-0.25, -0.2) is 13.1 Å². The number of carbonyl (C=O) groups excluding carboxylic acids is 1. The molecule has 1 fully saturated rings. The van der Waals surface area contributed by atoms with Crippen LogP contribution in [0.5, 0.6) is 0 Å². The summed E-state index contributed by atoms with van der Waals surface area (Å²) in [5.41, 5.74) is 5.87. The van der Waals surface area contributed by atoms with Crippen molar-refractivity contribution >= 4 is 27.5 Å². The number of nitrogens with one attached hydrogen (secondary N) is 1. The largest absolute Gasteiger partial charge is 0.435 e. The first-order chi connectivity index (χ1) is 17.4. The van der Waals surface area contributed by atoms with Crippen molar-refractivity contribution in [3.63, 3.8) is 0 Å². The second kappa shape index (κ2) is 10.3. The van der Waals surface area contributed by atoms with Crippen LogP contribution >= 0.6 is 0 Å². The van der Waals surface area contributed by atoms with Gasteiger partial charge in [0.25, 0.3) is 15.9 Å². The van der Waals surface area contributed by atoms with Gasteiger partial charge >= 0.3 is 6.18 Å². The third-order valence-corrected chi connectivity index (χ3v) is 6.19. The van der Waals surface area contributed by atoms with E-state index in [2.05, 4.69) is 14.8 Å². The molecule has 3 aromatic rings. The Morgan fingerprint density at radius 1 is 1.11 bits per heavy atom. The number of likely N-dealkylation sites (tertiary alicyclic amines) is 1. The molecule has 0 saturated carbocycles. The van der Waals surface area contributed by atoms with E-state index in [0.29, 0.717) is 41.8 Å². The van der Waals surface area contributed by atoms with Crippen molar-refractivity contribution in [3.8, 4) is 5.69 Å². The number of hydrogen-bond acceptors (Lipinski definition) is 5. The normalized spacial score (nSPS) is 14.7. The molecular formula is C24H25F3N6O3S. The summed E-state index contributed by atoms with van der Waals surface area (Å²) in [6.45, 7) is 1.50. The lowest BCUT2D eigenvalue weighted by atomic mass is 10.1. The number of anilines is 1. The lowest BCUT2D eigenvalue weighted by Gasteiger charge is -2.20. The van der Waals surface area contributed by atoms with E-state index in [4.69, 9.17) is 5.73 Å². The van der Waals surface area contributed by atoms with Crippen LogP contribution in [0.4, 0.5) is 18.9 Å². The number of nitrogens with two attached hydrogens (primary N) is 1. The molecule has 1 saturated heterocycles. The Balaban J connectivity index is 1.63. The molecule has 0 aliphatic carbocycles. The number of amidine groups is 1. The summed E-state index contributed by atoms with van der Waals surface area (Å²) < 4.78 is 68.7. The van der Waals surface area contributed by atoms with Crippen molar-refractivity contribution in [1.82, 2.24) is 14.7 Å². The maximum Gasteiger partial charge on any atom is 0.435 e. The zero-order valence-corrected chi connectivity index (χ0v) is 20.7. The highest BCUT2D eigenvalue weighted by atomic mass is 32.2. The molecule has 1 aliphatic heterocycles. The van der Waals surface area contributed by atoms with Crippen LogP contribution in [0, 0.1) is 0 Å². The van der Waals surface area contributed by atoms with Gasteiger partial charge in [0.2, 0.25) is 0 Å². The molecule has 9 nitrogen and oxygen atoms in total. The zero-order chi connectivity index (χ0) is 26.8. The number of amides is 1. The minimum atomic E-state index is -4.75. The average Bonchev–Trinajstić information content (AvgIpc) is 3.53. The molecule has 37 heavy (non-hydrogen) atoms. The number of rotatable bonds is 6. The lowest BCUT2D eigenvalue weighted by Crippen LogP contribution is -2.29. The van der Waals surface area contributed by atoms with Gasteiger partial charge in [0.1, 0.15) is 11.5 Å². The van der Waals surface area contributed by atoms with Crippen molar-refractivity contribution in [2.24, 2.45) is 10.1 Å². The zero-order valence-electron chi connectivity index (χ0n) is 19.9. The SMILES string of the molecule is CS(=O)(=O)/N=C(/c1ccc(NC(=O)c2cc(C(F)(F)F)nn2-c2cccc(CN)c2)cc1)N1CCCC1. The van der Waals surface area contributed by atoms with Crippen molar-refractivity contribution in [3.05, 3.63) is 77.1 Å². The molecule has 4 rings (SSSR count). The smallest absolute Gasteiger partial charge is 0.355 e. The number of halogens is 3. The predicted octanol–water partition coefficient (Wildman–Crippen LogP) is 3.40. The van der Waals surface area contributed by atoms with Crippen LogP contribution in [0.15, 0.2) is 59.0 Å². The number of aromatic nitrogens is 2. The molecule has 1 aliphatic rings. The topological polar surface area (TPSA) is 123 Å². The van der Waals surface area contributed by atoms with Crippen LogP contribution in [0.1, 0.15) is 40.2 Å². The summed E-state index contributed by atoms with van der Waals surface area (Å²) in [5.74, 6) is -0.496. The molecule has 2 heterocycles. The second-order valence-electron chi connectivity index (χ2n) is 8.57. The number of sulfonamides is 1. The van der Waals surface area contributed by atoms with Crippen molar-refractivity contribution in [1.29, 1.82) is 0 Å². The van der Waals surface area contributed by atoms with Crippen molar-refractivity contribution in [2.45, 2.75) is 25.6 Å². The van der Waals surface area contributed by atoms with Crippen LogP contribution in [0.2, 0.25) is 0 Å². The molecule has 1 aromatic heterocycles. The Morgan fingerprint density at radius 3 is 2.38 bits per heavy atom. The van der Waals surface area contributed by atoms with Gasteiger partial charge in [0.15, 0.2) is 5.69 Å². The third kappa shape index (κ3) is 6.35. The molecule has 0 spiro atoms. The number of alkyl halides is 3. The summed E-state index contributed by atoms with van der Waals surface area (Å²) in [4.78, 5) is 14.9. The summed E-state index contributed by atoms with van der Waals surface area (Å²) in [5, 5.41) is 6.20. The maximum atomic E-state index is 13.4. The van der Waals surface area contributed by atoms with Gasteiger partial charge in [-0.15, -0.1) is 4.40 Å². The number of nitrogens with zero attached hydrogens (tertiary/aromatic N) is 4. The Morgan fingerprint density at radius 2 is 1.78 bits per heavy atom. The van der Waals surface area contributed by atoms with E-state index < -0.39 is 27.8 Å². The molecule has 0 radical (unpaired) electrons. The van der Waals surface area contributed by atoms with Crippen molar-refractivity contribution in [2.75, 3.05) is 24.7 Å². The summed E-state index contributed by atoms with van der Waals surface area (Å²) in [6, 6.07) is 13.3. The van der Waals surface area contributed by atoms with E-state index >= 15 is 0 Å². The first-order valence-electron chi connectivity index (χ1n) is 11.4. The van der Waals surface area contributed by atoms with Crippen LogP contribution < -0.4 is 11.1 Å². The summed E-state index contributed by atoms with van der Waals surface area (Å²) >= 11 is 0. The molecular weight excluding hydrogens is 509 g/mol. The van der Waals surface area contributed by atoms with E-state index in [-0.39, 0.29) is 17.9 Å². The van der Waals surface area contributed by atoms with Gasteiger partial charge < -0.3 is 16.0 Å². The Kier molecular flexibility index (Phi) is 7.37. The fourth-order valence-electron chi connectivity index (χ4n) is 3.97. The number of hydrogen-bond donors (Lipinski definition) is 2. The summed E-state index contributed by atoms with van der Waals surface area (Å²) in [7, 11) is -3.65. The third-order valence-electron chi connectivity index (χ3n) is 5.68. The number of carbonyl (C=O) groups is 1. The van der Waals surface area contributed by atoms with E-state index in [9.17, 15) is 26.4 Å². The minimum Gasteiger partial charge on any atom is -0.355 e. The van der Waals surface area contributed by atoms with Gasteiger partial charge in [0, 0.05) is 37.0 Å². The van der Waals surface area contributed by atoms with Crippen LogP contribution in [0.25, 0.3) is 5.69 Å². The molecule has 0 unspecified atom stereocenters. The maximum absolute atomic E-state index is 13.4. The van der Waals surface area contributed by atoms with Gasteiger partial charge in [-0.1, -0.05) is 12.1 Å². The lowest BCUT2D eigenvalue weighted by molar-refractivity contribution is -0.141. The fourth-order valence-corrected chi connectivity index (χ4v) is 4.51. The highest BCUT2D eigenvalue weighted by Crippen LogP contribution is 2.30. The van der Waals surface area contributed by atoms with E-state index in [1.54, 1.807) is 30.3 Å². The van der Waals surface area contributed by atoms with Crippen LogP contribution in [-0.4, -0.2) is 54.2 Å². The van der Waals surface area contributed by atoms with Gasteiger partial charge in [-0.05, 0) is 54.8 Å². The molecule has 1 amide bonds. The van der Waals surface area contributed by atoms with Gasteiger partial charge in [-0.3, -0.25) is 4.79 Å². The Bertz CT molecular complexity index is 1430. The minimum absolute atomic E-state index is 0.164. The van der Waals surface area contributed by atoms with E-state index in [1.165, 1.54) is 18.2 Å². The molecule has 2 aromatic carbocycles. The first kappa shape index (κ1) is 26.4. The van der Waals surface area contributed by atoms with Crippen molar-refractivity contribution < 1.29 is 26.4 Å². The Hall–Kier alpha value is -3.71. The molecule has 3 N–H and O–H groups in total. The molecule has 13 heteroatoms. The van der Waals surface area contributed by atoms with E-state index in [1.807, 2.05) is 4.90 Å². The Labute approximate surface area is 211 Å². The second-order valence-corrected chi connectivity index (χ2v) is 10.2. The van der Waals surface area contributed by atoms with E-state index in [0.717, 1.165) is 23.8 Å². The first-order valence-corrected chi connectivity index (χ1v) is 13.2. The van der Waals surface area contributed by atoms with Crippen LogP contribution in [0.3, 0.4) is 0 Å². The van der Waals surface area contributed by atoms with Gasteiger partial charge in [0.05, 0.1) is 11.9 Å². The highest BCUT2D eigenvalue weighted by Gasteiger charge is 2.36. The predicted molar refractivity (Wildman–Crippen MR) is 133 cm³/mol. The van der Waals surface area contributed by atoms with Crippen LogP contribution in [-0.2, 0) is 22.7 Å². The highest BCUT2D eigenvalue weighted by molar-refractivity contribution is 7.89. The number of benzene rings is 2. The van der Waals surface area contributed by atoms with Gasteiger partial charge in [-0.2, -0.15) is 18.3 Å².